The average Bonchev–Trinajstić information content (AvgIpc) is 3.32. The van der Waals surface area contributed by atoms with Crippen molar-refractivity contribution in [1.82, 2.24) is 19.9 Å². The van der Waals surface area contributed by atoms with Gasteiger partial charge in [0.05, 0.1) is 17.6 Å². The predicted octanol–water partition coefficient (Wildman–Crippen LogP) is 4.83. The minimum Gasteiger partial charge on any atom is -0.508 e. The van der Waals surface area contributed by atoms with Crippen LogP contribution in [0, 0.1) is 6.92 Å². The fourth-order valence-corrected chi connectivity index (χ4v) is 4.36. The number of unbranched alkanes of at least 4 members (excludes halogenated alkanes) is 1. The van der Waals surface area contributed by atoms with Gasteiger partial charge in [-0.1, -0.05) is 73.5 Å². The second-order valence-electron chi connectivity index (χ2n) is 9.56. The van der Waals surface area contributed by atoms with Gasteiger partial charge in [0.15, 0.2) is 5.82 Å². The van der Waals surface area contributed by atoms with Gasteiger partial charge < -0.3 is 26.5 Å². The van der Waals surface area contributed by atoms with Crippen molar-refractivity contribution in [2.75, 3.05) is 12.3 Å². The van der Waals surface area contributed by atoms with Crippen molar-refractivity contribution < 1.29 is 9.90 Å². The summed E-state index contributed by atoms with van der Waals surface area (Å²) in [4.78, 5) is 20.8. The molecule has 1 amide bonds. The third-order valence-electron chi connectivity index (χ3n) is 6.52. The quantitative estimate of drug-likeness (QED) is 0.230. The highest BCUT2D eigenvalue weighted by molar-refractivity contribution is 6.06. The number of hydrogen-bond acceptors (Lipinski definition) is 6. The SMILES string of the molecule is CCCCc1nc2c(N)nc3ccccc3c2n1Cc1ccc(CNC(=O)CN)cc1.Cc1ccc(O)cc1. The number of anilines is 1. The van der Waals surface area contributed by atoms with Gasteiger partial charge in [-0.2, -0.15) is 0 Å². The molecule has 2 aromatic heterocycles. The molecule has 202 valence electrons. The van der Waals surface area contributed by atoms with Gasteiger partial charge in [-0.05, 0) is 42.7 Å². The van der Waals surface area contributed by atoms with Crippen LogP contribution in [0.2, 0.25) is 0 Å². The lowest BCUT2D eigenvalue weighted by Gasteiger charge is -2.12. The molecule has 0 bridgehead atoms. The summed E-state index contributed by atoms with van der Waals surface area (Å²) in [6, 6.07) is 23.4. The van der Waals surface area contributed by atoms with Gasteiger partial charge in [-0.15, -0.1) is 0 Å². The van der Waals surface area contributed by atoms with Crippen LogP contribution in [0.5, 0.6) is 5.75 Å². The molecule has 3 aromatic carbocycles. The Morgan fingerprint density at radius 1 is 0.974 bits per heavy atom. The standard InChI is InChI=1S/C24H28N6O.C7H8O/c1-2-3-8-20-29-22-23(18-6-4-5-7-19(18)28-24(22)26)30(20)15-17-11-9-16(10-12-17)14-27-21(31)13-25;1-6-2-4-7(8)5-3-6/h4-7,9-12H,2-3,8,13-15,25H2,1H3,(H2,26,28)(H,27,31);2-5,8H,1H3. The van der Waals surface area contributed by atoms with E-state index in [2.05, 4.69) is 40.0 Å². The van der Waals surface area contributed by atoms with E-state index in [9.17, 15) is 4.79 Å². The number of benzene rings is 3. The molecule has 8 heteroatoms. The lowest BCUT2D eigenvalue weighted by molar-refractivity contribution is -0.119. The zero-order chi connectivity index (χ0) is 27.8. The molecule has 0 unspecified atom stereocenters. The van der Waals surface area contributed by atoms with Crippen LogP contribution >= 0.6 is 0 Å². The molecule has 0 saturated heterocycles. The molecular weight excluding hydrogens is 488 g/mol. The fourth-order valence-electron chi connectivity index (χ4n) is 4.36. The second-order valence-corrected chi connectivity index (χ2v) is 9.56. The van der Waals surface area contributed by atoms with Gasteiger partial charge in [-0.3, -0.25) is 4.79 Å². The summed E-state index contributed by atoms with van der Waals surface area (Å²) in [5.41, 5.74) is 17.7. The average molecular weight is 525 g/mol. The Kier molecular flexibility index (Phi) is 9.12. The van der Waals surface area contributed by atoms with Gasteiger partial charge in [0.2, 0.25) is 5.91 Å². The maximum Gasteiger partial charge on any atom is 0.234 e. The van der Waals surface area contributed by atoms with Crippen molar-refractivity contribution in [2.24, 2.45) is 5.73 Å². The number of nitrogens with zero attached hydrogens (tertiary/aromatic N) is 3. The molecule has 0 aliphatic rings. The molecule has 0 atom stereocenters. The molecule has 0 saturated carbocycles. The van der Waals surface area contributed by atoms with E-state index in [-0.39, 0.29) is 12.5 Å². The zero-order valence-electron chi connectivity index (χ0n) is 22.5. The van der Waals surface area contributed by atoms with E-state index in [0.717, 1.165) is 58.2 Å². The summed E-state index contributed by atoms with van der Waals surface area (Å²) in [5.74, 6) is 1.67. The number of rotatable bonds is 8. The number of imidazole rings is 1. The summed E-state index contributed by atoms with van der Waals surface area (Å²) < 4.78 is 2.27. The number of aromatic nitrogens is 3. The van der Waals surface area contributed by atoms with Gasteiger partial charge in [0.25, 0.3) is 0 Å². The van der Waals surface area contributed by atoms with Crippen molar-refractivity contribution in [3.8, 4) is 5.75 Å². The Hall–Kier alpha value is -4.43. The van der Waals surface area contributed by atoms with Crippen molar-refractivity contribution in [3.05, 3.63) is 95.3 Å². The molecule has 0 radical (unpaired) electrons. The first kappa shape index (κ1) is 27.6. The highest BCUT2D eigenvalue weighted by Crippen LogP contribution is 2.30. The summed E-state index contributed by atoms with van der Waals surface area (Å²) in [6.45, 7) is 5.33. The fraction of sp³-hybridized carbons (Fsp3) is 0.258. The predicted molar refractivity (Wildman–Crippen MR) is 157 cm³/mol. The third-order valence-corrected chi connectivity index (χ3v) is 6.52. The number of aryl methyl sites for hydroxylation is 2. The van der Waals surface area contributed by atoms with Gasteiger partial charge in [0, 0.05) is 24.9 Å². The van der Waals surface area contributed by atoms with Crippen molar-refractivity contribution in [2.45, 2.75) is 46.2 Å². The van der Waals surface area contributed by atoms with E-state index < -0.39 is 0 Å². The first-order valence-corrected chi connectivity index (χ1v) is 13.2. The normalized spacial score (nSPS) is 10.8. The molecule has 6 N–H and O–H groups in total. The number of amides is 1. The van der Waals surface area contributed by atoms with Crippen LogP contribution in [0.15, 0.2) is 72.8 Å². The summed E-state index contributed by atoms with van der Waals surface area (Å²) in [5, 5.41) is 12.6. The number of nitrogen functional groups attached to an aromatic ring is 1. The van der Waals surface area contributed by atoms with Gasteiger partial charge in [-0.25, -0.2) is 9.97 Å². The van der Waals surface area contributed by atoms with E-state index in [1.165, 1.54) is 5.56 Å². The van der Waals surface area contributed by atoms with E-state index in [0.29, 0.717) is 24.7 Å². The summed E-state index contributed by atoms with van der Waals surface area (Å²) in [6.07, 6.45) is 3.05. The van der Waals surface area contributed by atoms with Crippen LogP contribution in [-0.2, 0) is 24.3 Å². The molecule has 39 heavy (non-hydrogen) atoms. The molecule has 0 spiro atoms. The minimum absolute atomic E-state index is 0.00172. The highest BCUT2D eigenvalue weighted by Gasteiger charge is 2.17. The number of para-hydroxylation sites is 1. The number of phenolic OH excluding ortho intramolecular Hbond substituents is 1. The molecule has 8 nitrogen and oxygen atoms in total. The number of nitrogens with one attached hydrogen (secondary N) is 1. The highest BCUT2D eigenvalue weighted by atomic mass is 16.3. The van der Waals surface area contributed by atoms with Crippen molar-refractivity contribution in [3.63, 3.8) is 0 Å². The molecule has 5 rings (SSSR count). The number of phenols is 1. The number of fused-ring (bicyclic) bond motifs is 3. The van der Waals surface area contributed by atoms with Crippen LogP contribution in [0.3, 0.4) is 0 Å². The number of pyridine rings is 1. The molecule has 2 heterocycles. The van der Waals surface area contributed by atoms with Crippen LogP contribution in [0.4, 0.5) is 5.82 Å². The number of hydrogen-bond donors (Lipinski definition) is 4. The Balaban J connectivity index is 0.000000379. The Bertz CT molecular complexity index is 1520. The summed E-state index contributed by atoms with van der Waals surface area (Å²) >= 11 is 0. The Morgan fingerprint density at radius 3 is 2.33 bits per heavy atom. The molecule has 0 fully saturated rings. The van der Waals surface area contributed by atoms with Gasteiger partial charge >= 0.3 is 0 Å². The third kappa shape index (κ3) is 6.91. The minimum atomic E-state index is -0.160. The van der Waals surface area contributed by atoms with Crippen LogP contribution in [0.1, 0.15) is 42.3 Å². The van der Waals surface area contributed by atoms with E-state index in [1.54, 1.807) is 12.1 Å². The lowest BCUT2D eigenvalue weighted by atomic mass is 10.1. The Labute approximate surface area is 228 Å². The Morgan fingerprint density at radius 2 is 1.67 bits per heavy atom. The van der Waals surface area contributed by atoms with Crippen molar-refractivity contribution in [1.29, 1.82) is 0 Å². The number of nitrogens with two attached hydrogens (primary N) is 2. The summed E-state index contributed by atoms with van der Waals surface area (Å²) in [7, 11) is 0. The van der Waals surface area contributed by atoms with Crippen LogP contribution in [-0.4, -0.2) is 32.1 Å². The van der Waals surface area contributed by atoms with E-state index >= 15 is 0 Å². The van der Waals surface area contributed by atoms with Crippen LogP contribution in [0.25, 0.3) is 21.9 Å². The maximum absolute atomic E-state index is 11.4. The molecular formula is C31H36N6O2. The largest absolute Gasteiger partial charge is 0.508 e. The molecule has 0 aliphatic heterocycles. The first-order valence-electron chi connectivity index (χ1n) is 13.2. The lowest BCUT2D eigenvalue weighted by Crippen LogP contribution is -2.29. The smallest absolute Gasteiger partial charge is 0.234 e. The van der Waals surface area contributed by atoms with E-state index in [4.69, 9.17) is 21.6 Å². The van der Waals surface area contributed by atoms with Gasteiger partial charge in [0.1, 0.15) is 17.1 Å². The monoisotopic (exact) mass is 524 g/mol. The first-order chi connectivity index (χ1) is 18.9. The second kappa shape index (κ2) is 12.9. The van der Waals surface area contributed by atoms with Crippen LogP contribution < -0.4 is 16.8 Å². The van der Waals surface area contributed by atoms with Crippen molar-refractivity contribution >= 4 is 33.7 Å². The molecule has 5 aromatic rings. The topological polar surface area (TPSA) is 132 Å². The number of aromatic hydroxyl groups is 1. The maximum atomic E-state index is 11.4. The number of carbonyl (C=O) groups excluding carboxylic acids is 1. The van der Waals surface area contributed by atoms with E-state index in [1.807, 2.05) is 49.4 Å². The number of carbonyl (C=O) groups is 1. The zero-order valence-corrected chi connectivity index (χ0v) is 22.5. The molecule has 0 aliphatic carbocycles.